The van der Waals surface area contributed by atoms with Gasteiger partial charge >= 0.3 is 11.7 Å². The minimum atomic E-state index is -0.461. The molecule has 0 amide bonds. The summed E-state index contributed by atoms with van der Waals surface area (Å²) >= 11 is 0. The van der Waals surface area contributed by atoms with Gasteiger partial charge in [0.25, 0.3) is 5.56 Å². The van der Waals surface area contributed by atoms with E-state index in [9.17, 15) is 14.0 Å². The number of aromatic nitrogens is 4. The predicted molar refractivity (Wildman–Crippen MR) is 112 cm³/mol. The number of nitrogens with zero attached hydrogens (tertiary/aromatic N) is 4. The Morgan fingerprint density at radius 3 is 2.33 bits per heavy atom. The standard InChI is InChI=1S/C22H21FN4O3/c1-13-5-6-15(11-14(13)2)12-27-20(28)18-19(26(4)22(27)29)24-21(25(18)3)30-17-9-7-16(23)8-10-17/h5-11H,12H2,1-4H3. The molecule has 7 nitrogen and oxygen atoms in total. The second kappa shape index (κ2) is 7.29. The first kappa shape index (κ1) is 19.6. The second-order valence-corrected chi connectivity index (χ2v) is 7.33. The van der Waals surface area contributed by atoms with E-state index in [0.717, 1.165) is 16.7 Å². The van der Waals surface area contributed by atoms with E-state index in [4.69, 9.17) is 4.74 Å². The van der Waals surface area contributed by atoms with E-state index in [-0.39, 0.29) is 29.5 Å². The number of rotatable bonds is 4. The molecule has 30 heavy (non-hydrogen) atoms. The number of ether oxygens (including phenoxy) is 1. The molecule has 0 aliphatic heterocycles. The van der Waals surface area contributed by atoms with Crippen LogP contribution in [0, 0.1) is 19.7 Å². The maximum absolute atomic E-state index is 13.2. The smallest absolute Gasteiger partial charge is 0.332 e. The van der Waals surface area contributed by atoms with Crippen molar-refractivity contribution in [1.29, 1.82) is 0 Å². The second-order valence-electron chi connectivity index (χ2n) is 7.33. The number of aryl methyl sites for hydroxylation is 4. The summed E-state index contributed by atoms with van der Waals surface area (Å²) in [5.74, 6) is -0.0146. The van der Waals surface area contributed by atoms with Crippen molar-refractivity contribution < 1.29 is 9.13 Å². The van der Waals surface area contributed by atoms with Gasteiger partial charge in [0.15, 0.2) is 11.2 Å². The van der Waals surface area contributed by atoms with Gasteiger partial charge in [0.05, 0.1) is 6.54 Å². The zero-order valence-electron chi connectivity index (χ0n) is 17.1. The Kier molecular flexibility index (Phi) is 4.77. The Labute approximate surface area is 171 Å². The van der Waals surface area contributed by atoms with Gasteiger partial charge in [0.2, 0.25) is 0 Å². The van der Waals surface area contributed by atoms with Gasteiger partial charge in [0.1, 0.15) is 11.6 Å². The first-order valence-corrected chi connectivity index (χ1v) is 9.42. The SMILES string of the molecule is Cc1ccc(Cn2c(=O)c3c(nc(Oc4ccc(F)cc4)n3C)n(C)c2=O)cc1C. The highest BCUT2D eigenvalue weighted by Gasteiger charge is 2.20. The van der Waals surface area contributed by atoms with Crippen molar-refractivity contribution in [2.45, 2.75) is 20.4 Å². The van der Waals surface area contributed by atoms with Crippen LogP contribution in [0.25, 0.3) is 11.2 Å². The monoisotopic (exact) mass is 408 g/mol. The summed E-state index contributed by atoms with van der Waals surface area (Å²) in [5.41, 5.74) is 2.66. The number of fused-ring (bicyclic) bond motifs is 1. The summed E-state index contributed by atoms with van der Waals surface area (Å²) in [4.78, 5) is 30.4. The van der Waals surface area contributed by atoms with E-state index in [0.29, 0.717) is 5.75 Å². The maximum atomic E-state index is 13.2. The van der Waals surface area contributed by atoms with Crippen LogP contribution in [0.3, 0.4) is 0 Å². The molecule has 0 spiro atoms. The topological polar surface area (TPSA) is 71.1 Å². The van der Waals surface area contributed by atoms with Crippen molar-refractivity contribution in [3.63, 3.8) is 0 Å². The fourth-order valence-corrected chi connectivity index (χ4v) is 3.35. The molecule has 0 unspecified atom stereocenters. The Morgan fingerprint density at radius 1 is 0.967 bits per heavy atom. The number of halogens is 1. The van der Waals surface area contributed by atoms with Crippen molar-refractivity contribution in [2.24, 2.45) is 14.1 Å². The largest absolute Gasteiger partial charge is 0.425 e. The summed E-state index contributed by atoms with van der Waals surface area (Å²) in [6, 6.07) is 11.4. The average Bonchev–Trinajstić information content (AvgIpc) is 3.04. The van der Waals surface area contributed by atoms with Crippen molar-refractivity contribution in [1.82, 2.24) is 18.7 Å². The van der Waals surface area contributed by atoms with E-state index < -0.39 is 11.2 Å². The minimum Gasteiger partial charge on any atom is -0.425 e. The average molecular weight is 408 g/mol. The maximum Gasteiger partial charge on any atom is 0.332 e. The molecule has 0 bridgehead atoms. The Hall–Kier alpha value is -3.68. The molecule has 154 valence electrons. The molecule has 0 aliphatic carbocycles. The van der Waals surface area contributed by atoms with Gasteiger partial charge in [-0.3, -0.25) is 18.5 Å². The molecule has 2 aromatic heterocycles. The molecule has 0 fully saturated rings. The van der Waals surface area contributed by atoms with Gasteiger partial charge in [-0.15, -0.1) is 0 Å². The molecule has 8 heteroatoms. The van der Waals surface area contributed by atoms with Crippen LogP contribution >= 0.6 is 0 Å². The Bertz CT molecular complexity index is 1380. The van der Waals surface area contributed by atoms with Crippen molar-refractivity contribution >= 4 is 11.2 Å². The van der Waals surface area contributed by atoms with Crippen LogP contribution in [0.5, 0.6) is 11.8 Å². The first-order valence-electron chi connectivity index (χ1n) is 9.42. The van der Waals surface area contributed by atoms with Crippen LogP contribution in [0.15, 0.2) is 52.1 Å². The van der Waals surface area contributed by atoms with Gasteiger partial charge in [-0.25, -0.2) is 9.18 Å². The predicted octanol–water partition coefficient (Wildman–Crippen LogP) is 3.03. The zero-order valence-corrected chi connectivity index (χ0v) is 17.1. The lowest BCUT2D eigenvalue weighted by Gasteiger charge is -2.10. The quantitative estimate of drug-likeness (QED) is 0.520. The van der Waals surface area contributed by atoms with E-state index in [2.05, 4.69) is 4.98 Å². The van der Waals surface area contributed by atoms with E-state index in [1.807, 2.05) is 32.0 Å². The van der Waals surface area contributed by atoms with Gasteiger partial charge in [-0.2, -0.15) is 4.98 Å². The summed E-state index contributed by atoms with van der Waals surface area (Å²) in [5, 5.41) is 0. The van der Waals surface area contributed by atoms with Crippen LogP contribution in [0.1, 0.15) is 16.7 Å². The zero-order chi connectivity index (χ0) is 21.6. The molecular weight excluding hydrogens is 387 g/mol. The highest BCUT2D eigenvalue weighted by Crippen LogP contribution is 2.23. The van der Waals surface area contributed by atoms with Crippen molar-refractivity contribution in [3.8, 4) is 11.8 Å². The normalized spacial score (nSPS) is 11.2. The van der Waals surface area contributed by atoms with Crippen LogP contribution < -0.4 is 16.0 Å². The molecule has 4 rings (SSSR count). The Morgan fingerprint density at radius 2 is 1.67 bits per heavy atom. The summed E-state index contributed by atoms with van der Waals surface area (Å²) in [7, 11) is 3.20. The number of hydrogen-bond acceptors (Lipinski definition) is 4. The van der Waals surface area contributed by atoms with Gasteiger partial charge in [0, 0.05) is 14.1 Å². The molecule has 0 saturated heterocycles. The summed E-state index contributed by atoms with van der Waals surface area (Å²) in [6.45, 7) is 4.15. The lowest BCUT2D eigenvalue weighted by molar-refractivity contribution is 0.426. The number of imidazole rings is 1. The lowest BCUT2D eigenvalue weighted by Crippen LogP contribution is -2.39. The van der Waals surface area contributed by atoms with Crippen LogP contribution in [-0.4, -0.2) is 18.7 Å². The highest BCUT2D eigenvalue weighted by molar-refractivity contribution is 5.71. The minimum absolute atomic E-state index is 0.132. The molecule has 0 N–H and O–H groups in total. The van der Waals surface area contributed by atoms with Gasteiger partial charge in [-0.1, -0.05) is 18.2 Å². The first-order chi connectivity index (χ1) is 14.3. The van der Waals surface area contributed by atoms with Crippen LogP contribution in [0.2, 0.25) is 0 Å². The molecule has 2 aromatic carbocycles. The Balaban J connectivity index is 1.82. The van der Waals surface area contributed by atoms with E-state index >= 15 is 0 Å². The fourth-order valence-electron chi connectivity index (χ4n) is 3.35. The van der Waals surface area contributed by atoms with E-state index in [1.54, 1.807) is 14.1 Å². The third-order valence-corrected chi connectivity index (χ3v) is 5.25. The molecule has 4 aromatic rings. The third-order valence-electron chi connectivity index (χ3n) is 5.25. The molecule has 0 atom stereocenters. The van der Waals surface area contributed by atoms with Crippen LogP contribution in [0.4, 0.5) is 4.39 Å². The number of benzene rings is 2. The lowest BCUT2D eigenvalue weighted by atomic mass is 10.1. The molecule has 0 radical (unpaired) electrons. The fraction of sp³-hybridized carbons (Fsp3) is 0.227. The van der Waals surface area contributed by atoms with Gasteiger partial charge in [-0.05, 0) is 54.8 Å². The number of hydrogen-bond donors (Lipinski definition) is 0. The summed E-state index contributed by atoms with van der Waals surface area (Å²) < 4.78 is 22.9. The van der Waals surface area contributed by atoms with Crippen LogP contribution in [-0.2, 0) is 20.6 Å². The summed E-state index contributed by atoms with van der Waals surface area (Å²) in [6.07, 6.45) is 0. The molecular formula is C22H21FN4O3. The highest BCUT2D eigenvalue weighted by atomic mass is 19.1. The van der Waals surface area contributed by atoms with E-state index in [1.165, 1.54) is 38.0 Å². The van der Waals surface area contributed by atoms with Crippen molar-refractivity contribution in [2.75, 3.05) is 0 Å². The molecule has 0 saturated carbocycles. The third kappa shape index (κ3) is 3.30. The molecule has 2 heterocycles. The molecule has 0 aliphatic rings. The van der Waals surface area contributed by atoms with Crippen molar-refractivity contribution in [3.05, 3.63) is 85.8 Å². The van der Waals surface area contributed by atoms with Gasteiger partial charge < -0.3 is 4.74 Å².